The molecule has 0 saturated heterocycles. The van der Waals surface area contributed by atoms with Crippen LogP contribution in [0.4, 0.5) is 0 Å². The van der Waals surface area contributed by atoms with E-state index < -0.39 is 0 Å². The Hall–Kier alpha value is -0.790. The first kappa shape index (κ1) is 11.9. The Kier molecular flexibility index (Phi) is 7.56. The Morgan fingerprint density at radius 3 is 2.50 bits per heavy atom. The van der Waals surface area contributed by atoms with Crippen LogP contribution in [-0.4, -0.2) is 12.6 Å². The maximum Gasteiger partial charge on any atom is 0.308 e. The van der Waals surface area contributed by atoms with Crippen LogP contribution in [0.15, 0.2) is 12.7 Å². The highest BCUT2D eigenvalue weighted by Gasteiger charge is 2.05. The molecule has 0 bridgehead atoms. The van der Waals surface area contributed by atoms with E-state index in [1.165, 1.54) is 0 Å². The maximum atomic E-state index is 10.6. The molecule has 0 aliphatic heterocycles. The molecule has 10 heavy (non-hydrogen) atoms. The summed E-state index contributed by atoms with van der Waals surface area (Å²) in [5.74, 6) is -0.208. The smallest absolute Gasteiger partial charge is 0.308 e. The molecule has 0 radical (unpaired) electrons. The lowest BCUT2D eigenvalue weighted by molar-refractivity contribution is -0.146. The third-order valence-corrected chi connectivity index (χ3v) is 0.815. The van der Waals surface area contributed by atoms with Gasteiger partial charge < -0.3 is 4.74 Å². The van der Waals surface area contributed by atoms with Crippen molar-refractivity contribution in [2.45, 2.75) is 21.3 Å². The first-order valence-corrected chi connectivity index (χ1v) is 2.96. The molecule has 60 valence electrons. The number of ether oxygens (including phenoxy) is 1. The van der Waals surface area contributed by atoms with Crippen LogP contribution in [0.25, 0.3) is 0 Å². The molecule has 0 rings (SSSR count). The van der Waals surface area contributed by atoms with Gasteiger partial charge in [0.2, 0.25) is 0 Å². The van der Waals surface area contributed by atoms with E-state index in [-0.39, 0.29) is 19.3 Å². The molecule has 2 heteroatoms. The fourth-order valence-electron chi connectivity index (χ4n) is 0.308. The topological polar surface area (TPSA) is 26.3 Å². The van der Waals surface area contributed by atoms with Crippen molar-refractivity contribution in [1.29, 1.82) is 0 Å². The molecule has 0 heterocycles. The number of rotatable bonds is 3. The highest BCUT2D eigenvalue weighted by Crippen LogP contribution is 1.94. The first-order valence-electron chi connectivity index (χ1n) is 2.96. The molecule has 0 atom stereocenters. The van der Waals surface area contributed by atoms with E-state index in [9.17, 15) is 4.79 Å². The monoisotopic (exact) mass is 144 g/mol. The van der Waals surface area contributed by atoms with E-state index in [1.807, 2.05) is 0 Å². The van der Waals surface area contributed by atoms with Crippen molar-refractivity contribution in [1.82, 2.24) is 0 Å². The Morgan fingerprint density at radius 1 is 1.70 bits per heavy atom. The van der Waals surface area contributed by atoms with Gasteiger partial charge in [0.15, 0.2) is 0 Å². The molecule has 2 nitrogen and oxygen atoms in total. The molecule has 0 unspecified atom stereocenters. The predicted octanol–water partition coefficient (Wildman–Crippen LogP) is 2.01. The molecule has 0 aromatic rings. The molecule has 0 aromatic carbocycles. The number of hydrogen-bond acceptors (Lipinski definition) is 2. The molecule has 0 spiro atoms. The minimum absolute atomic E-state index is 0. The Bertz CT molecular complexity index is 106. The van der Waals surface area contributed by atoms with Crippen LogP contribution in [-0.2, 0) is 9.53 Å². The van der Waals surface area contributed by atoms with Gasteiger partial charge in [0, 0.05) is 0 Å². The first-order chi connectivity index (χ1) is 4.18. The van der Waals surface area contributed by atoms with Crippen LogP contribution in [0, 0.1) is 5.92 Å². The number of esters is 1. The second kappa shape index (κ2) is 6.33. The molecule has 0 amide bonds. The summed E-state index contributed by atoms with van der Waals surface area (Å²) >= 11 is 0. The summed E-state index contributed by atoms with van der Waals surface area (Å²) in [5, 5.41) is 0. The average molecular weight is 144 g/mol. The lowest BCUT2D eigenvalue weighted by Gasteiger charge is -2.02. The molecule has 0 aliphatic rings. The maximum absolute atomic E-state index is 10.6. The van der Waals surface area contributed by atoms with E-state index in [0.717, 1.165) is 0 Å². The highest BCUT2D eigenvalue weighted by molar-refractivity contribution is 5.71. The van der Waals surface area contributed by atoms with Crippen LogP contribution in [0.3, 0.4) is 0 Å². The van der Waals surface area contributed by atoms with Crippen LogP contribution in [0.1, 0.15) is 21.3 Å². The summed E-state index contributed by atoms with van der Waals surface area (Å²) < 4.78 is 4.70. The summed E-state index contributed by atoms with van der Waals surface area (Å²) in [7, 11) is 0. The van der Waals surface area contributed by atoms with Crippen molar-refractivity contribution >= 4 is 5.97 Å². The summed E-state index contributed by atoms with van der Waals surface area (Å²) in [6.45, 7) is 7.33. The van der Waals surface area contributed by atoms with Crippen molar-refractivity contribution in [3.63, 3.8) is 0 Å². The molecular formula is C8H16O2. The van der Waals surface area contributed by atoms with Crippen LogP contribution >= 0.6 is 0 Å². The predicted molar refractivity (Wildman–Crippen MR) is 42.7 cm³/mol. The summed E-state index contributed by atoms with van der Waals surface area (Å²) in [6.07, 6.45) is 1.56. The highest BCUT2D eigenvalue weighted by atomic mass is 16.5. The van der Waals surface area contributed by atoms with Crippen molar-refractivity contribution in [2.75, 3.05) is 6.61 Å². The molecule has 0 fully saturated rings. The van der Waals surface area contributed by atoms with Gasteiger partial charge in [-0.25, -0.2) is 0 Å². The van der Waals surface area contributed by atoms with E-state index in [4.69, 9.17) is 4.74 Å². The van der Waals surface area contributed by atoms with E-state index >= 15 is 0 Å². The fourth-order valence-corrected chi connectivity index (χ4v) is 0.308. The SMILES string of the molecule is C.C=CCOC(=O)C(C)C. The normalized spacial score (nSPS) is 8.30. The number of carbonyl (C=O) groups excluding carboxylic acids is 1. The van der Waals surface area contributed by atoms with E-state index in [1.54, 1.807) is 19.9 Å². The third-order valence-electron chi connectivity index (χ3n) is 0.815. The van der Waals surface area contributed by atoms with Crippen LogP contribution in [0.5, 0.6) is 0 Å². The average Bonchev–Trinajstić information content (AvgIpc) is 1.82. The summed E-state index contributed by atoms with van der Waals surface area (Å²) in [4.78, 5) is 10.6. The Balaban J connectivity index is 0. The standard InChI is InChI=1S/C7H12O2.CH4/c1-4-5-9-7(8)6(2)3;/h4,6H,1,5H2,2-3H3;1H4. The fraction of sp³-hybridized carbons (Fsp3) is 0.625. The third kappa shape index (κ3) is 5.35. The van der Waals surface area contributed by atoms with Crippen LogP contribution in [0.2, 0.25) is 0 Å². The molecule has 0 saturated carbocycles. The van der Waals surface area contributed by atoms with Gasteiger partial charge in [-0.15, -0.1) is 0 Å². The minimum Gasteiger partial charge on any atom is -0.461 e. The zero-order chi connectivity index (χ0) is 7.28. The van der Waals surface area contributed by atoms with Gasteiger partial charge in [-0.2, -0.15) is 0 Å². The van der Waals surface area contributed by atoms with E-state index in [0.29, 0.717) is 6.61 Å². The minimum atomic E-state index is -0.171. The lowest BCUT2D eigenvalue weighted by Crippen LogP contribution is -2.11. The number of carbonyl (C=O) groups is 1. The lowest BCUT2D eigenvalue weighted by atomic mass is 10.2. The van der Waals surface area contributed by atoms with Gasteiger partial charge in [-0.3, -0.25) is 4.79 Å². The quantitative estimate of drug-likeness (QED) is 0.447. The van der Waals surface area contributed by atoms with Gasteiger partial charge in [0.25, 0.3) is 0 Å². The number of hydrogen-bond donors (Lipinski definition) is 0. The second-order valence-corrected chi connectivity index (χ2v) is 2.07. The van der Waals surface area contributed by atoms with Crippen molar-refractivity contribution in [3.8, 4) is 0 Å². The van der Waals surface area contributed by atoms with E-state index in [2.05, 4.69) is 6.58 Å². The van der Waals surface area contributed by atoms with Gasteiger partial charge in [-0.1, -0.05) is 33.9 Å². The largest absolute Gasteiger partial charge is 0.461 e. The zero-order valence-electron chi connectivity index (χ0n) is 5.89. The Morgan fingerprint density at radius 2 is 2.20 bits per heavy atom. The summed E-state index contributed by atoms with van der Waals surface area (Å²) in [5.41, 5.74) is 0. The molecule has 0 N–H and O–H groups in total. The van der Waals surface area contributed by atoms with Gasteiger partial charge in [0.1, 0.15) is 6.61 Å². The molecular weight excluding hydrogens is 128 g/mol. The molecule has 0 aromatic heterocycles. The van der Waals surface area contributed by atoms with Crippen molar-refractivity contribution < 1.29 is 9.53 Å². The van der Waals surface area contributed by atoms with Crippen molar-refractivity contribution in [3.05, 3.63) is 12.7 Å². The van der Waals surface area contributed by atoms with Crippen LogP contribution < -0.4 is 0 Å². The van der Waals surface area contributed by atoms with Gasteiger partial charge >= 0.3 is 5.97 Å². The van der Waals surface area contributed by atoms with Gasteiger partial charge in [0.05, 0.1) is 5.92 Å². The second-order valence-electron chi connectivity index (χ2n) is 2.07. The Labute approximate surface area is 62.9 Å². The van der Waals surface area contributed by atoms with Gasteiger partial charge in [-0.05, 0) is 0 Å². The summed E-state index contributed by atoms with van der Waals surface area (Å²) in [6, 6.07) is 0. The zero-order valence-corrected chi connectivity index (χ0v) is 5.89. The van der Waals surface area contributed by atoms with Crippen molar-refractivity contribution in [2.24, 2.45) is 5.92 Å². The molecule has 0 aliphatic carbocycles.